The molecular weight excluding hydrogens is 405 g/mol. The summed E-state index contributed by atoms with van der Waals surface area (Å²) < 4.78 is 18.5. The van der Waals surface area contributed by atoms with Gasteiger partial charge in [-0.25, -0.2) is 9.18 Å². The quantitative estimate of drug-likeness (QED) is 0.500. The zero-order valence-corrected chi connectivity index (χ0v) is 16.6. The minimum absolute atomic E-state index is 0.134. The normalized spacial score (nSPS) is 14.2. The lowest BCUT2D eigenvalue weighted by Gasteiger charge is -2.24. The third-order valence-corrected chi connectivity index (χ3v) is 5.39. The second-order valence-corrected chi connectivity index (χ2v) is 7.56. The molecule has 3 rings (SSSR count). The van der Waals surface area contributed by atoms with E-state index in [9.17, 15) is 18.8 Å². The van der Waals surface area contributed by atoms with Crippen molar-refractivity contribution in [2.75, 3.05) is 12.0 Å². The maximum atomic E-state index is 13.2. The number of nitrogens with zero attached hydrogens (tertiary/aromatic N) is 1. The second-order valence-electron chi connectivity index (χ2n) is 6.17. The molecule has 0 saturated carbocycles. The number of carbonyl (C=O) groups is 3. The number of thioether (sulfide) groups is 1. The van der Waals surface area contributed by atoms with Crippen LogP contribution in [0, 0.1) is 5.82 Å². The number of rotatable bonds is 7. The zero-order chi connectivity index (χ0) is 20.3. The van der Waals surface area contributed by atoms with Crippen LogP contribution in [-0.2, 0) is 16.1 Å². The van der Waals surface area contributed by atoms with Crippen LogP contribution in [0.15, 0.2) is 42.5 Å². The van der Waals surface area contributed by atoms with Gasteiger partial charge in [-0.2, -0.15) is 11.8 Å². The van der Waals surface area contributed by atoms with Crippen molar-refractivity contribution in [3.8, 4) is 0 Å². The Kier molecular flexibility index (Phi) is 6.36. The third kappa shape index (κ3) is 4.05. The van der Waals surface area contributed by atoms with Crippen LogP contribution in [0.2, 0.25) is 5.02 Å². The Labute approximate surface area is 170 Å². The van der Waals surface area contributed by atoms with Gasteiger partial charge in [0, 0.05) is 5.56 Å². The molecule has 0 aromatic heterocycles. The van der Waals surface area contributed by atoms with Crippen LogP contribution in [0.4, 0.5) is 4.39 Å². The number of fused-ring (bicyclic) bond motifs is 1. The van der Waals surface area contributed by atoms with Gasteiger partial charge in [-0.1, -0.05) is 29.8 Å². The van der Waals surface area contributed by atoms with Crippen molar-refractivity contribution in [2.45, 2.75) is 19.1 Å². The third-order valence-electron chi connectivity index (χ3n) is 4.39. The number of benzene rings is 2. The lowest BCUT2D eigenvalue weighted by molar-refractivity contribution is -0.149. The molecule has 2 amide bonds. The van der Waals surface area contributed by atoms with Crippen LogP contribution in [0.25, 0.3) is 0 Å². The fraction of sp³-hybridized carbons (Fsp3) is 0.250. The number of halogens is 2. The Hall–Kier alpha value is -2.38. The van der Waals surface area contributed by atoms with Gasteiger partial charge in [-0.15, -0.1) is 0 Å². The summed E-state index contributed by atoms with van der Waals surface area (Å²) in [5.74, 6) is -1.66. The minimum atomic E-state index is -1.04. The van der Waals surface area contributed by atoms with Gasteiger partial charge in [0.2, 0.25) is 0 Å². The summed E-state index contributed by atoms with van der Waals surface area (Å²) >= 11 is 7.45. The number of amides is 2. The molecule has 1 heterocycles. The van der Waals surface area contributed by atoms with Gasteiger partial charge in [0.05, 0.1) is 16.1 Å². The molecule has 2 aromatic carbocycles. The van der Waals surface area contributed by atoms with Crippen molar-refractivity contribution < 1.29 is 23.5 Å². The summed E-state index contributed by atoms with van der Waals surface area (Å²) in [7, 11) is 0. The lowest BCUT2D eigenvalue weighted by Crippen LogP contribution is -2.46. The van der Waals surface area contributed by atoms with Gasteiger partial charge in [0.25, 0.3) is 11.8 Å². The summed E-state index contributed by atoms with van der Waals surface area (Å²) in [6.07, 6.45) is 2.13. The molecule has 0 radical (unpaired) electrons. The van der Waals surface area contributed by atoms with Crippen molar-refractivity contribution in [1.82, 2.24) is 4.90 Å². The summed E-state index contributed by atoms with van der Waals surface area (Å²) in [6, 6.07) is 9.17. The molecule has 8 heteroatoms. The molecule has 0 fully saturated rings. The van der Waals surface area contributed by atoms with E-state index in [1.807, 2.05) is 6.26 Å². The summed E-state index contributed by atoms with van der Waals surface area (Å²) in [5.41, 5.74) is 0.981. The van der Waals surface area contributed by atoms with Crippen molar-refractivity contribution in [3.05, 3.63) is 70.0 Å². The number of esters is 1. The van der Waals surface area contributed by atoms with E-state index < -0.39 is 29.6 Å². The summed E-state index contributed by atoms with van der Waals surface area (Å²) in [6.45, 7) is -0.184. The predicted octanol–water partition coefficient (Wildman–Crippen LogP) is 3.94. The van der Waals surface area contributed by atoms with Gasteiger partial charge >= 0.3 is 5.97 Å². The molecule has 0 bridgehead atoms. The average Bonchev–Trinajstić information content (AvgIpc) is 2.93. The van der Waals surface area contributed by atoms with Gasteiger partial charge in [-0.3, -0.25) is 14.5 Å². The molecule has 2 aromatic rings. The van der Waals surface area contributed by atoms with Gasteiger partial charge < -0.3 is 4.74 Å². The zero-order valence-electron chi connectivity index (χ0n) is 15.0. The molecule has 5 nitrogen and oxygen atoms in total. The van der Waals surface area contributed by atoms with Gasteiger partial charge in [0.15, 0.2) is 0 Å². The number of hydrogen-bond acceptors (Lipinski definition) is 5. The maximum Gasteiger partial charge on any atom is 0.329 e. The van der Waals surface area contributed by atoms with Crippen LogP contribution in [0.1, 0.15) is 32.7 Å². The van der Waals surface area contributed by atoms with E-state index in [0.717, 1.165) is 11.0 Å². The first-order valence-corrected chi connectivity index (χ1v) is 10.3. The van der Waals surface area contributed by atoms with Crippen LogP contribution >= 0.6 is 23.4 Å². The predicted molar refractivity (Wildman–Crippen MR) is 105 cm³/mol. The highest BCUT2D eigenvalue weighted by molar-refractivity contribution is 7.98. The first-order valence-electron chi connectivity index (χ1n) is 8.50. The van der Waals surface area contributed by atoms with E-state index in [-0.39, 0.29) is 29.2 Å². The van der Waals surface area contributed by atoms with E-state index in [0.29, 0.717) is 11.3 Å². The van der Waals surface area contributed by atoms with Crippen LogP contribution in [-0.4, -0.2) is 40.7 Å². The molecule has 1 aliphatic heterocycles. The summed E-state index contributed by atoms with van der Waals surface area (Å²) in [4.78, 5) is 39.1. The molecular formula is C20H17ClFNO4S. The molecule has 28 heavy (non-hydrogen) atoms. The van der Waals surface area contributed by atoms with Crippen molar-refractivity contribution in [2.24, 2.45) is 0 Å². The van der Waals surface area contributed by atoms with E-state index >= 15 is 0 Å². The molecule has 146 valence electrons. The monoisotopic (exact) mass is 421 g/mol. The fourth-order valence-corrected chi connectivity index (χ4v) is 3.64. The van der Waals surface area contributed by atoms with Crippen LogP contribution < -0.4 is 0 Å². The minimum Gasteiger partial charge on any atom is -0.459 e. The number of carbonyl (C=O) groups excluding carboxylic acids is 3. The SMILES string of the molecule is CSCCC(C(=O)OCc1ccc(F)cc1Cl)N1C(=O)c2ccccc2C1=O. The van der Waals surface area contributed by atoms with E-state index in [4.69, 9.17) is 16.3 Å². The van der Waals surface area contributed by atoms with E-state index in [1.165, 1.54) is 23.9 Å². The Morgan fingerprint density at radius 1 is 1.18 bits per heavy atom. The largest absolute Gasteiger partial charge is 0.459 e. The smallest absolute Gasteiger partial charge is 0.329 e. The van der Waals surface area contributed by atoms with Crippen molar-refractivity contribution in [1.29, 1.82) is 0 Å². The molecule has 1 atom stereocenters. The first kappa shape index (κ1) is 20.4. The van der Waals surface area contributed by atoms with Crippen LogP contribution in [0.3, 0.4) is 0 Å². The van der Waals surface area contributed by atoms with Gasteiger partial charge in [-0.05, 0) is 42.7 Å². The Bertz CT molecular complexity index is 901. The molecule has 0 spiro atoms. The average molecular weight is 422 g/mol. The van der Waals surface area contributed by atoms with E-state index in [2.05, 4.69) is 0 Å². The van der Waals surface area contributed by atoms with Crippen molar-refractivity contribution >= 4 is 41.1 Å². The number of hydrogen-bond donors (Lipinski definition) is 0. The topological polar surface area (TPSA) is 63.7 Å². The Balaban J connectivity index is 1.79. The number of imide groups is 1. The van der Waals surface area contributed by atoms with Gasteiger partial charge in [0.1, 0.15) is 18.5 Å². The second kappa shape index (κ2) is 8.75. The standard InChI is InChI=1S/C20H17ClFNO4S/c1-28-9-8-17(20(26)27-11-12-6-7-13(22)10-16(12)21)23-18(24)14-4-2-3-5-15(14)19(23)25/h2-7,10,17H,8-9,11H2,1H3. The van der Waals surface area contributed by atoms with Crippen LogP contribution in [0.5, 0.6) is 0 Å². The molecule has 1 unspecified atom stereocenters. The highest BCUT2D eigenvalue weighted by atomic mass is 35.5. The highest BCUT2D eigenvalue weighted by Crippen LogP contribution is 2.27. The molecule has 0 aliphatic carbocycles. The maximum absolute atomic E-state index is 13.2. The molecule has 1 aliphatic rings. The summed E-state index contributed by atoms with van der Waals surface area (Å²) in [5, 5.41) is 0.134. The lowest BCUT2D eigenvalue weighted by atomic mass is 10.1. The Morgan fingerprint density at radius 2 is 1.82 bits per heavy atom. The van der Waals surface area contributed by atoms with E-state index in [1.54, 1.807) is 24.3 Å². The number of ether oxygens (including phenoxy) is 1. The molecule has 0 N–H and O–H groups in total. The first-order chi connectivity index (χ1) is 13.4. The molecule has 0 saturated heterocycles. The Morgan fingerprint density at radius 3 is 2.39 bits per heavy atom. The van der Waals surface area contributed by atoms with Crippen molar-refractivity contribution in [3.63, 3.8) is 0 Å². The fourth-order valence-electron chi connectivity index (χ4n) is 2.96. The highest BCUT2D eigenvalue weighted by Gasteiger charge is 2.43.